The van der Waals surface area contributed by atoms with E-state index in [0.29, 0.717) is 28.6 Å². The van der Waals surface area contributed by atoms with Crippen LogP contribution in [0, 0.1) is 6.92 Å². The molecule has 0 unspecified atom stereocenters. The standard InChI is InChI=1S/C22H19N3O2S/c1-3-17-18(14(2)27-25-17)21(26)24-22-23-19(15-10-6-4-7-11-15)20(28-22)16-12-8-5-9-13-16/h4-13H,3H2,1-2H3,(H,23,24,26). The lowest BCUT2D eigenvalue weighted by Gasteiger charge is -2.02. The highest BCUT2D eigenvalue weighted by Crippen LogP contribution is 2.39. The molecule has 2 heterocycles. The molecule has 0 bridgehead atoms. The number of rotatable bonds is 5. The van der Waals surface area contributed by atoms with E-state index in [0.717, 1.165) is 21.7 Å². The van der Waals surface area contributed by atoms with Gasteiger partial charge in [-0.2, -0.15) is 0 Å². The Morgan fingerprint density at radius 2 is 1.68 bits per heavy atom. The predicted octanol–water partition coefficient (Wildman–Crippen LogP) is 5.59. The number of carbonyl (C=O) groups is 1. The number of carbonyl (C=O) groups excluding carboxylic acids is 1. The van der Waals surface area contributed by atoms with Crippen LogP contribution in [0.5, 0.6) is 0 Å². The summed E-state index contributed by atoms with van der Waals surface area (Å²) in [6.07, 6.45) is 0.627. The largest absolute Gasteiger partial charge is 0.361 e. The van der Waals surface area contributed by atoms with Crippen molar-refractivity contribution >= 4 is 22.4 Å². The summed E-state index contributed by atoms with van der Waals surface area (Å²) in [6, 6.07) is 20.0. The summed E-state index contributed by atoms with van der Waals surface area (Å²) < 4.78 is 5.19. The Morgan fingerprint density at radius 3 is 2.32 bits per heavy atom. The number of nitrogens with one attached hydrogen (secondary N) is 1. The Hall–Kier alpha value is -3.25. The van der Waals surface area contributed by atoms with Gasteiger partial charge >= 0.3 is 0 Å². The van der Waals surface area contributed by atoms with Crippen LogP contribution in [0.1, 0.15) is 28.7 Å². The van der Waals surface area contributed by atoms with Crippen molar-refractivity contribution < 1.29 is 9.32 Å². The van der Waals surface area contributed by atoms with Crippen LogP contribution < -0.4 is 5.32 Å². The molecule has 1 N–H and O–H groups in total. The normalized spacial score (nSPS) is 10.8. The molecule has 0 fully saturated rings. The van der Waals surface area contributed by atoms with Crippen molar-refractivity contribution in [2.75, 3.05) is 5.32 Å². The predicted molar refractivity (Wildman–Crippen MR) is 112 cm³/mol. The number of aryl methyl sites for hydroxylation is 2. The third kappa shape index (κ3) is 3.46. The molecule has 2 aromatic heterocycles. The molecule has 1 amide bonds. The van der Waals surface area contributed by atoms with Crippen molar-refractivity contribution in [3.8, 4) is 21.7 Å². The third-order valence-electron chi connectivity index (χ3n) is 4.43. The molecule has 0 saturated heterocycles. The SMILES string of the molecule is CCc1noc(C)c1C(=O)Nc1nc(-c2ccccc2)c(-c2ccccc2)s1. The topological polar surface area (TPSA) is 68.0 Å². The highest BCUT2D eigenvalue weighted by molar-refractivity contribution is 7.19. The lowest BCUT2D eigenvalue weighted by molar-refractivity contribution is 0.102. The molecule has 0 atom stereocenters. The highest BCUT2D eigenvalue weighted by Gasteiger charge is 2.22. The second kappa shape index (κ2) is 7.78. The van der Waals surface area contributed by atoms with Crippen molar-refractivity contribution in [2.45, 2.75) is 20.3 Å². The smallest absolute Gasteiger partial charge is 0.262 e. The maximum atomic E-state index is 12.8. The molecule has 0 saturated carbocycles. The van der Waals surface area contributed by atoms with E-state index in [2.05, 4.69) is 10.5 Å². The van der Waals surface area contributed by atoms with E-state index in [4.69, 9.17) is 9.51 Å². The Kier molecular flexibility index (Phi) is 5.04. The zero-order chi connectivity index (χ0) is 19.5. The zero-order valence-corrected chi connectivity index (χ0v) is 16.4. The summed E-state index contributed by atoms with van der Waals surface area (Å²) in [7, 11) is 0. The Bertz CT molecular complexity index is 1040. The fraction of sp³-hybridized carbons (Fsp3) is 0.136. The molecule has 0 radical (unpaired) electrons. The molecule has 2 aromatic carbocycles. The van der Waals surface area contributed by atoms with E-state index in [1.54, 1.807) is 6.92 Å². The number of hydrogen-bond donors (Lipinski definition) is 1. The fourth-order valence-electron chi connectivity index (χ4n) is 3.06. The number of hydrogen-bond acceptors (Lipinski definition) is 5. The first kappa shape index (κ1) is 18.1. The van der Waals surface area contributed by atoms with E-state index >= 15 is 0 Å². The molecule has 0 aliphatic heterocycles. The Balaban J connectivity index is 1.74. The molecule has 28 heavy (non-hydrogen) atoms. The minimum absolute atomic E-state index is 0.247. The quantitative estimate of drug-likeness (QED) is 0.483. The van der Waals surface area contributed by atoms with Crippen LogP contribution in [0.25, 0.3) is 21.7 Å². The van der Waals surface area contributed by atoms with Gasteiger partial charge in [-0.3, -0.25) is 10.1 Å². The van der Waals surface area contributed by atoms with Crippen LogP contribution in [0.3, 0.4) is 0 Å². The molecule has 140 valence electrons. The summed E-state index contributed by atoms with van der Waals surface area (Å²) in [5.74, 6) is 0.265. The first-order valence-corrected chi connectivity index (χ1v) is 9.87. The summed E-state index contributed by atoms with van der Waals surface area (Å²) >= 11 is 1.46. The van der Waals surface area contributed by atoms with Crippen LogP contribution in [0.2, 0.25) is 0 Å². The third-order valence-corrected chi connectivity index (χ3v) is 5.45. The summed E-state index contributed by atoms with van der Waals surface area (Å²) in [5, 5.41) is 7.44. The maximum Gasteiger partial charge on any atom is 0.262 e. The molecule has 0 spiro atoms. The second-order valence-electron chi connectivity index (χ2n) is 6.30. The monoisotopic (exact) mass is 389 g/mol. The van der Waals surface area contributed by atoms with Gasteiger partial charge in [0.05, 0.1) is 16.3 Å². The molecule has 0 aliphatic rings. The first-order valence-electron chi connectivity index (χ1n) is 9.05. The van der Waals surface area contributed by atoms with Crippen LogP contribution in [0.4, 0.5) is 5.13 Å². The van der Waals surface area contributed by atoms with Gasteiger partial charge in [0, 0.05) is 5.56 Å². The van der Waals surface area contributed by atoms with Gasteiger partial charge < -0.3 is 4.52 Å². The molecule has 6 heteroatoms. The average Bonchev–Trinajstić information content (AvgIpc) is 3.32. The summed E-state index contributed by atoms with van der Waals surface area (Å²) in [4.78, 5) is 18.6. The van der Waals surface area contributed by atoms with Crippen LogP contribution >= 0.6 is 11.3 Å². The number of amides is 1. The van der Waals surface area contributed by atoms with Crippen LogP contribution in [-0.2, 0) is 6.42 Å². The summed E-state index contributed by atoms with van der Waals surface area (Å²) in [5.41, 5.74) is 4.06. The molecular formula is C22H19N3O2S. The number of thiazole rings is 1. The Morgan fingerprint density at radius 1 is 1.04 bits per heavy atom. The highest BCUT2D eigenvalue weighted by atomic mass is 32.1. The lowest BCUT2D eigenvalue weighted by atomic mass is 10.1. The van der Waals surface area contributed by atoms with Crippen molar-refractivity contribution in [3.63, 3.8) is 0 Å². The van der Waals surface area contributed by atoms with Crippen LogP contribution in [-0.4, -0.2) is 16.0 Å². The maximum absolute atomic E-state index is 12.8. The number of nitrogens with zero attached hydrogens (tertiary/aromatic N) is 2. The van der Waals surface area contributed by atoms with Gasteiger partial charge in [0.2, 0.25) is 0 Å². The molecule has 4 rings (SSSR count). The fourth-order valence-corrected chi connectivity index (χ4v) is 4.05. The van der Waals surface area contributed by atoms with Gasteiger partial charge in [-0.15, -0.1) is 0 Å². The average molecular weight is 389 g/mol. The first-order chi connectivity index (χ1) is 13.7. The van der Waals surface area contributed by atoms with Crippen LogP contribution in [0.15, 0.2) is 65.2 Å². The van der Waals surface area contributed by atoms with Crippen molar-refractivity contribution in [2.24, 2.45) is 0 Å². The van der Waals surface area contributed by atoms with Gasteiger partial charge in [0.15, 0.2) is 5.13 Å². The van der Waals surface area contributed by atoms with E-state index in [9.17, 15) is 4.79 Å². The Labute approximate surface area is 167 Å². The molecule has 5 nitrogen and oxygen atoms in total. The van der Waals surface area contributed by atoms with Gasteiger partial charge in [-0.1, -0.05) is 84.1 Å². The number of benzene rings is 2. The lowest BCUT2D eigenvalue weighted by Crippen LogP contribution is -2.14. The minimum atomic E-state index is -0.247. The number of anilines is 1. The van der Waals surface area contributed by atoms with E-state index in [-0.39, 0.29) is 5.91 Å². The van der Waals surface area contributed by atoms with Crippen molar-refractivity contribution in [3.05, 3.63) is 77.7 Å². The van der Waals surface area contributed by atoms with E-state index in [1.165, 1.54) is 11.3 Å². The van der Waals surface area contributed by atoms with Crippen molar-refractivity contribution in [1.82, 2.24) is 10.1 Å². The number of aromatic nitrogens is 2. The van der Waals surface area contributed by atoms with E-state index < -0.39 is 0 Å². The van der Waals surface area contributed by atoms with Gasteiger partial charge in [-0.05, 0) is 18.9 Å². The van der Waals surface area contributed by atoms with Gasteiger partial charge in [0.1, 0.15) is 11.3 Å². The molecule has 4 aromatic rings. The summed E-state index contributed by atoms with van der Waals surface area (Å²) in [6.45, 7) is 3.69. The van der Waals surface area contributed by atoms with Gasteiger partial charge in [-0.25, -0.2) is 4.98 Å². The van der Waals surface area contributed by atoms with Crippen molar-refractivity contribution in [1.29, 1.82) is 0 Å². The van der Waals surface area contributed by atoms with Gasteiger partial charge in [0.25, 0.3) is 5.91 Å². The van der Waals surface area contributed by atoms with E-state index in [1.807, 2.05) is 67.6 Å². The second-order valence-corrected chi connectivity index (χ2v) is 7.30. The molecular weight excluding hydrogens is 370 g/mol. The molecule has 0 aliphatic carbocycles. The zero-order valence-electron chi connectivity index (χ0n) is 15.6. The minimum Gasteiger partial charge on any atom is -0.361 e.